The number of carbonyl (C=O) groups is 2. The Balaban J connectivity index is 1.82. The van der Waals surface area contributed by atoms with Crippen LogP contribution in [0.25, 0.3) is 0 Å². The summed E-state index contributed by atoms with van der Waals surface area (Å²) in [6.45, 7) is 7.72. The van der Waals surface area contributed by atoms with Crippen LogP contribution in [0.15, 0.2) is 23.3 Å². The summed E-state index contributed by atoms with van der Waals surface area (Å²) in [5.41, 5.74) is 2.62. The van der Waals surface area contributed by atoms with Crippen molar-refractivity contribution < 1.29 is 18.7 Å². The summed E-state index contributed by atoms with van der Waals surface area (Å²) in [4.78, 5) is 27.5. The van der Waals surface area contributed by atoms with Crippen molar-refractivity contribution in [1.82, 2.24) is 10.2 Å². The molecule has 2 bridgehead atoms. The quantitative estimate of drug-likeness (QED) is 0.472. The lowest BCUT2D eigenvalue weighted by atomic mass is 9.64. The third-order valence-electron chi connectivity index (χ3n) is 5.89. The molecular weight excluding hydrogens is 401 g/mol. The van der Waals surface area contributed by atoms with Crippen LogP contribution >= 0.6 is 0 Å². The number of hydrazone groups is 1. The van der Waals surface area contributed by atoms with Gasteiger partial charge < -0.3 is 20.4 Å². The van der Waals surface area contributed by atoms with E-state index in [1.165, 1.54) is 24.4 Å². The Labute approximate surface area is 181 Å². The number of piperidine rings is 2. The molecule has 2 amide bonds. The zero-order chi connectivity index (χ0) is 22.8. The molecule has 2 aliphatic heterocycles. The van der Waals surface area contributed by atoms with Gasteiger partial charge in [0.25, 0.3) is 5.91 Å². The fourth-order valence-corrected chi connectivity index (χ4v) is 4.30. The molecule has 0 spiro atoms. The summed E-state index contributed by atoms with van der Waals surface area (Å²) >= 11 is 0. The summed E-state index contributed by atoms with van der Waals surface area (Å²) in [6.07, 6.45) is 3.50. The van der Waals surface area contributed by atoms with E-state index in [0.717, 1.165) is 19.1 Å². The van der Waals surface area contributed by atoms with Crippen LogP contribution in [0.1, 0.15) is 50.9 Å². The second-order valence-corrected chi connectivity index (χ2v) is 9.15. The minimum Gasteiger partial charge on any atom is -0.444 e. The van der Waals surface area contributed by atoms with Gasteiger partial charge in [0, 0.05) is 18.8 Å². The smallest absolute Gasteiger partial charge is 0.407 e. The Hall–Kier alpha value is -2.97. The number of nitrogens with one attached hydrogen (secondary N) is 3. The zero-order valence-corrected chi connectivity index (χ0v) is 18.3. The molecule has 2 atom stereocenters. The monoisotopic (exact) mass is 431 g/mol. The molecular formula is C22H30FN5O3. The van der Waals surface area contributed by atoms with Gasteiger partial charge in [-0.15, -0.1) is 0 Å². The average molecular weight is 432 g/mol. The van der Waals surface area contributed by atoms with E-state index >= 15 is 0 Å². The molecule has 0 aromatic heterocycles. The SMILES string of the molecule is CC1C2CC(C2)N(C(=O)c2cc(F)ccc2N/N=C\C=N)C1CNC(=O)OC(C)(C)C. The van der Waals surface area contributed by atoms with E-state index in [1.54, 1.807) is 25.7 Å². The second kappa shape index (κ2) is 9.03. The van der Waals surface area contributed by atoms with Crippen molar-refractivity contribution in [2.75, 3.05) is 12.0 Å². The predicted molar refractivity (Wildman–Crippen MR) is 117 cm³/mol. The molecule has 2 heterocycles. The lowest BCUT2D eigenvalue weighted by molar-refractivity contribution is -0.0543. The molecule has 4 rings (SSSR count). The van der Waals surface area contributed by atoms with Gasteiger partial charge >= 0.3 is 6.09 Å². The van der Waals surface area contributed by atoms with E-state index in [9.17, 15) is 14.0 Å². The average Bonchev–Trinajstić information content (AvgIpc) is 2.65. The zero-order valence-electron chi connectivity index (χ0n) is 18.3. The summed E-state index contributed by atoms with van der Waals surface area (Å²) in [7, 11) is 0. The number of hydrogen-bond donors (Lipinski definition) is 3. The maximum Gasteiger partial charge on any atom is 0.407 e. The molecule has 3 N–H and O–H groups in total. The van der Waals surface area contributed by atoms with Crippen molar-refractivity contribution in [1.29, 1.82) is 5.41 Å². The molecule has 1 aromatic rings. The minimum absolute atomic E-state index is 0.0559. The van der Waals surface area contributed by atoms with Crippen LogP contribution in [0, 0.1) is 23.1 Å². The lowest BCUT2D eigenvalue weighted by Gasteiger charge is -2.57. The first kappa shape index (κ1) is 22.7. The fraction of sp³-hybridized carbons (Fsp3) is 0.545. The van der Waals surface area contributed by atoms with Crippen LogP contribution in [0.5, 0.6) is 0 Å². The standard InChI is InChI=1S/C22H30FN5O3/c1-13-14-9-16(10-14)28(19(13)12-25-21(30)31-22(2,3)4)20(29)17-11-15(23)5-6-18(17)27-26-8-7-24/h5-8,11,13-14,16,19,24,27H,9-10,12H2,1-4H3,(H,25,30)/b24-7?,26-8-. The number of halogens is 1. The Kier molecular flexibility index (Phi) is 6.62. The van der Waals surface area contributed by atoms with Gasteiger partial charge in [0.05, 0.1) is 23.5 Å². The van der Waals surface area contributed by atoms with E-state index in [4.69, 9.17) is 10.1 Å². The number of alkyl carbamates (subject to hydrolysis) is 1. The first-order chi connectivity index (χ1) is 14.6. The second-order valence-electron chi connectivity index (χ2n) is 9.15. The minimum atomic E-state index is -0.612. The molecule has 1 aliphatic carbocycles. The van der Waals surface area contributed by atoms with Crippen LogP contribution in [0.4, 0.5) is 14.9 Å². The molecule has 1 aromatic carbocycles. The number of nitrogens with zero attached hydrogens (tertiary/aromatic N) is 2. The third-order valence-corrected chi connectivity index (χ3v) is 5.89. The topological polar surface area (TPSA) is 107 Å². The predicted octanol–water partition coefficient (Wildman–Crippen LogP) is 3.64. The first-order valence-electron chi connectivity index (χ1n) is 10.5. The normalized spacial score (nSPS) is 25.0. The molecule has 31 heavy (non-hydrogen) atoms. The van der Waals surface area contributed by atoms with Gasteiger partial charge in [-0.05, 0) is 63.6 Å². The molecule has 3 fully saturated rings. The van der Waals surface area contributed by atoms with Crippen LogP contribution in [0.3, 0.4) is 0 Å². The summed E-state index contributed by atoms with van der Waals surface area (Å²) in [5, 5.41) is 13.7. The lowest BCUT2D eigenvalue weighted by Crippen LogP contribution is -2.65. The van der Waals surface area contributed by atoms with Gasteiger partial charge in [0.1, 0.15) is 11.4 Å². The fourth-order valence-electron chi connectivity index (χ4n) is 4.30. The summed E-state index contributed by atoms with van der Waals surface area (Å²) in [5.74, 6) is -0.144. The Morgan fingerprint density at radius 1 is 1.35 bits per heavy atom. The molecule has 2 unspecified atom stereocenters. The van der Waals surface area contributed by atoms with E-state index in [2.05, 4.69) is 22.8 Å². The molecule has 2 saturated heterocycles. The maximum atomic E-state index is 14.0. The van der Waals surface area contributed by atoms with E-state index in [-0.39, 0.29) is 36.0 Å². The number of anilines is 1. The highest BCUT2D eigenvalue weighted by Gasteiger charge is 2.50. The summed E-state index contributed by atoms with van der Waals surface area (Å²) < 4.78 is 19.3. The van der Waals surface area contributed by atoms with Gasteiger partial charge in [0.2, 0.25) is 0 Å². The number of ether oxygens (including phenoxy) is 1. The van der Waals surface area contributed by atoms with Gasteiger partial charge in [-0.2, -0.15) is 5.10 Å². The van der Waals surface area contributed by atoms with Crippen molar-refractivity contribution in [2.24, 2.45) is 16.9 Å². The Bertz CT molecular complexity index is 876. The maximum absolute atomic E-state index is 14.0. The number of rotatable bonds is 6. The van der Waals surface area contributed by atoms with Gasteiger partial charge in [-0.1, -0.05) is 6.92 Å². The number of hydrogen-bond acceptors (Lipinski definition) is 6. The number of carbonyl (C=O) groups excluding carboxylic acids is 2. The van der Waals surface area contributed by atoms with Crippen molar-refractivity contribution in [2.45, 2.75) is 58.2 Å². The highest BCUT2D eigenvalue weighted by molar-refractivity contribution is 6.14. The number of benzene rings is 1. The van der Waals surface area contributed by atoms with Crippen molar-refractivity contribution >= 4 is 30.1 Å². The van der Waals surface area contributed by atoms with Crippen LogP contribution in [-0.4, -0.2) is 53.6 Å². The molecule has 3 aliphatic rings. The van der Waals surface area contributed by atoms with Gasteiger partial charge in [-0.3, -0.25) is 10.2 Å². The first-order valence-corrected chi connectivity index (χ1v) is 10.5. The highest BCUT2D eigenvalue weighted by Crippen LogP contribution is 2.47. The highest BCUT2D eigenvalue weighted by atomic mass is 19.1. The molecule has 1 saturated carbocycles. The molecule has 168 valence electrons. The third kappa shape index (κ3) is 5.21. The van der Waals surface area contributed by atoms with Crippen LogP contribution in [-0.2, 0) is 4.74 Å². The largest absolute Gasteiger partial charge is 0.444 e. The molecule has 0 radical (unpaired) electrons. The van der Waals surface area contributed by atoms with Crippen LogP contribution < -0.4 is 10.7 Å². The van der Waals surface area contributed by atoms with Gasteiger partial charge in [-0.25, -0.2) is 9.18 Å². The van der Waals surface area contributed by atoms with Crippen molar-refractivity contribution in [3.05, 3.63) is 29.6 Å². The van der Waals surface area contributed by atoms with Crippen molar-refractivity contribution in [3.8, 4) is 0 Å². The van der Waals surface area contributed by atoms with Crippen LogP contribution in [0.2, 0.25) is 0 Å². The number of amides is 2. The Morgan fingerprint density at radius 3 is 2.71 bits per heavy atom. The number of fused-ring (bicyclic) bond motifs is 2. The van der Waals surface area contributed by atoms with E-state index < -0.39 is 17.5 Å². The summed E-state index contributed by atoms with van der Waals surface area (Å²) in [6, 6.07) is 3.73. The van der Waals surface area contributed by atoms with E-state index in [0.29, 0.717) is 11.6 Å². The van der Waals surface area contributed by atoms with E-state index in [1.807, 2.05) is 0 Å². The van der Waals surface area contributed by atoms with Crippen molar-refractivity contribution in [3.63, 3.8) is 0 Å². The van der Waals surface area contributed by atoms with Gasteiger partial charge in [0.15, 0.2) is 0 Å². The molecule has 9 heteroatoms. The molecule has 8 nitrogen and oxygen atoms in total. The Morgan fingerprint density at radius 2 is 2.06 bits per heavy atom.